The number of ether oxygens (including phenoxy) is 4. The molecule has 0 unspecified atom stereocenters. The van der Waals surface area contributed by atoms with Crippen LogP contribution in [0.25, 0.3) is 0 Å². The molecule has 44 heteroatoms. The molecule has 0 amide bonds. The Labute approximate surface area is 802 Å². The summed E-state index contributed by atoms with van der Waals surface area (Å²) in [6, 6.07) is 32.9. The maximum absolute atomic E-state index is 12.9. The zero-order valence-corrected chi connectivity index (χ0v) is 105. The summed E-state index contributed by atoms with van der Waals surface area (Å²) in [5, 5.41) is 39.1. The summed E-state index contributed by atoms with van der Waals surface area (Å²) in [4.78, 5) is 24.7. The van der Waals surface area contributed by atoms with Crippen LogP contribution in [0.4, 0.5) is 0 Å². The number of phenolic OH excluding ortho intramolecular Hbond substituents is 1. The molecular formula is C86H168O26Si18. The van der Waals surface area contributed by atoms with Crippen LogP contribution in [-0.4, -0.2) is 207 Å². The number of aryl methyl sites for hydroxylation is 5. The summed E-state index contributed by atoms with van der Waals surface area (Å²) in [5.74, 6) is 0.491. The van der Waals surface area contributed by atoms with Gasteiger partial charge in [0.15, 0.2) is 56.3 Å². The number of hydrogen-bond donors (Lipinski definition) is 4. The van der Waals surface area contributed by atoms with Gasteiger partial charge in [0.05, 0.1) is 45.7 Å². The first-order valence-electron chi connectivity index (χ1n) is 45.6. The smallest absolute Gasteiger partial charge is 0.343 e. The molecular weight excluding hydrogens is 1950 g/mol. The van der Waals surface area contributed by atoms with Gasteiger partial charge in [-0.15, -0.1) is 0 Å². The molecule has 5 aromatic rings. The summed E-state index contributed by atoms with van der Waals surface area (Å²) in [6.07, 6.45) is 7.32. The normalized spacial score (nSPS) is 13.9. The first-order chi connectivity index (χ1) is 58.8. The third-order valence-electron chi connectivity index (χ3n) is 20.1. The Morgan fingerprint density at radius 2 is 0.492 bits per heavy atom. The standard InChI is InChI=1S/C47H86O15Si9.C39H82O11Si9/c1-52-45-36-39(26-32-44(45)54-47(51)41-29-27-40(28-30-41)46(50)53-2)24-22-34-64(5,6)56-66(9,10)58-68(13,14)60-70(17,18)62-71(19,20)61-69(15,16)59-67(11,12)57-65(7,8)55-63(3,4)33-21-23-38-25-31-43(49)42(35-38)37-48;1-34-25-26-35(31-37(34)33-40)23-21-29-51(3,4)43-53(7,8)45-55(11,12)47-57(15,16)49-59(19,20)50-58(17,18)48-56(13,14)46-54(9,10)44-52(5,6)30-22-24-36-27-28-38(41)39(32-36)42-2/h25-32,35-36,48-49H,21-24,33-34,37H2,1-20H3;25-28,31-32,40-41H,21-24,29-30,33H2,1-20H3. The first-order valence-corrected chi connectivity index (χ1v) is 97.5. The van der Waals surface area contributed by atoms with E-state index in [1.165, 1.54) is 36.9 Å². The van der Waals surface area contributed by atoms with Gasteiger partial charge in [-0.1, -0.05) is 36.4 Å². The van der Waals surface area contributed by atoms with Crippen molar-refractivity contribution >= 4 is 165 Å². The van der Waals surface area contributed by atoms with Crippen molar-refractivity contribution in [2.45, 2.75) is 331 Å². The first kappa shape index (κ1) is 120. The van der Waals surface area contributed by atoms with E-state index < -0.39 is 165 Å². The molecule has 4 N–H and O–H groups in total. The fourth-order valence-corrected chi connectivity index (χ4v) is 109. The molecule has 5 aromatic carbocycles. The average molecular weight is 2120 g/mol. The van der Waals surface area contributed by atoms with Crippen LogP contribution in [0.1, 0.15) is 85.3 Å². The second-order valence-electron chi connectivity index (χ2n) is 42.7. The van der Waals surface area contributed by atoms with Crippen LogP contribution in [0.2, 0.25) is 260 Å². The van der Waals surface area contributed by atoms with Crippen LogP contribution in [0, 0.1) is 6.92 Å². The van der Waals surface area contributed by atoms with Crippen LogP contribution in [0.5, 0.6) is 28.7 Å². The highest BCUT2D eigenvalue weighted by molar-refractivity contribution is 6.95. The quantitative estimate of drug-likeness (QED) is 0.0160. The Morgan fingerprint density at radius 1 is 0.262 bits per heavy atom. The summed E-state index contributed by atoms with van der Waals surface area (Å²) in [6.45, 7) is 78.3. The van der Waals surface area contributed by atoms with Crippen molar-refractivity contribution in [3.8, 4) is 28.7 Å². The lowest BCUT2D eigenvalue weighted by Crippen LogP contribution is -2.62. The van der Waals surface area contributed by atoms with Crippen molar-refractivity contribution in [1.82, 2.24) is 0 Å². The van der Waals surface area contributed by atoms with Gasteiger partial charge in [0.2, 0.25) is 0 Å². The lowest BCUT2D eigenvalue weighted by molar-refractivity contribution is 0.0598. The molecule has 0 spiro atoms. The molecule has 0 aromatic heterocycles. The molecule has 5 rings (SSSR count). The van der Waals surface area contributed by atoms with E-state index in [2.05, 4.69) is 254 Å². The molecule has 130 heavy (non-hydrogen) atoms. The molecule has 0 heterocycles. The van der Waals surface area contributed by atoms with Crippen LogP contribution >= 0.6 is 0 Å². The minimum absolute atomic E-state index is 0.0724. The van der Waals surface area contributed by atoms with Gasteiger partial charge < -0.3 is 105 Å². The fraction of sp³-hybridized carbons (Fsp3) is 0.628. The van der Waals surface area contributed by atoms with Crippen LogP contribution < -0.4 is 14.2 Å². The summed E-state index contributed by atoms with van der Waals surface area (Å²) < 4.78 is 131. The Balaban J connectivity index is 0.000000554. The minimum atomic E-state index is -2.79. The second kappa shape index (κ2) is 48.1. The predicted molar refractivity (Wildman–Crippen MR) is 566 cm³/mol. The largest absolute Gasteiger partial charge is 0.508 e. The maximum Gasteiger partial charge on any atom is 0.343 e. The molecule has 0 aliphatic carbocycles. The number of aliphatic hydroxyl groups is 2. The molecule has 0 radical (unpaired) electrons. The van der Waals surface area contributed by atoms with Crippen molar-refractivity contribution < 1.29 is 115 Å². The third kappa shape index (κ3) is 46.0. The second-order valence-corrected chi connectivity index (χ2v) is 111. The SMILES string of the molecule is COC(=O)c1ccc(C(=O)Oc2ccc(CCC[Si](C)(C)O[Si](C)(C)O[Si](C)(C)O[Si](C)(C)O[Si](C)(C)O[Si](C)(C)O[Si](C)(C)O[Si](C)(C)O[Si](C)(C)CCCc3ccc(O)c(CO)c3)cc2OC)cc1.COc1cc(CCC[Si](C)(C)O[Si](C)(C)O[Si](C)(C)O[Si](C)(C)O[Si](C)(C)O[Si](C)(C)O[Si](C)(C)O[Si](C)(C)O[Si](C)(C)CCCc2ccc(C)c(CO)c2)ccc1O. The van der Waals surface area contributed by atoms with E-state index in [-0.39, 0.29) is 24.7 Å². The van der Waals surface area contributed by atoms with E-state index in [9.17, 15) is 30.0 Å². The van der Waals surface area contributed by atoms with E-state index in [1.807, 2.05) is 43.3 Å². The van der Waals surface area contributed by atoms with Crippen molar-refractivity contribution in [1.29, 1.82) is 0 Å². The molecule has 26 nitrogen and oxygen atoms in total. The van der Waals surface area contributed by atoms with Crippen molar-refractivity contribution in [3.63, 3.8) is 0 Å². The van der Waals surface area contributed by atoms with E-state index in [4.69, 9.17) is 84.8 Å². The molecule has 0 atom stereocenters. The molecule has 0 aliphatic rings. The molecule has 0 saturated heterocycles. The fourth-order valence-electron chi connectivity index (χ4n) is 18.0. The zero-order chi connectivity index (χ0) is 99.6. The number of hydrogen-bond acceptors (Lipinski definition) is 26. The maximum atomic E-state index is 12.9. The number of carbonyl (C=O) groups excluding carboxylic acids is 2. The van der Waals surface area contributed by atoms with Gasteiger partial charge in [0.25, 0.3) is 0 Å². The molecule has 740 valence electrons. The van der Waals surface area contributed by atoms with Crippen LogP contribution in [0.3, 0.4) is 0 Å². The highest BCUT2D eigenvalue weighted by Gasteiger charge is 2.53. The lowest BCUT2D eigenvalue weighted by Gasteiger charge is -2.44. The number of rotatable bonds is 55. The van der Waals surface area contributed by atoms with Gasteiger partial charge in [-0.05, 0) is 412 Å². The van der Waals surface area contributed by atoms with Crippen LogP contribution in [0.15, 0.2) is 97.1 Å². The third-order valence-corrected chi connectivity index (χ3v) is 90.2. The van der Waals surface area contributed by atoms with E-state index in [0.29, 0.717) is 33.9 Å². The van der Waals surface area contributed by atoms with Crippen molar-refractivity contribution in [3.05, 3.63) is 147 Å². The highest BCUT2D eigenvalue weighted by Crippen LogP contribution is 2.38. The number of carbonyl (C=O) groups is 2. The van der Waals surface area contributed by atoms with Gasteiger partial charge in [0.1, 0.15) is 5.75 Å². The number of aromatic hydroxyl groups is 2. The number of phenols is 2. The number of aliphatic hydroxyl groups excluding tert-OH is 2. The van der Waals surface area contributed by atoms with E-state index in [1.54, 1.807) is 32.4 Å². The van der Waals surface area contributed by atoms with Gasteiger partial charge in [-0.3, -0.25) is 0 Å². The van der Waals surface area contributed by atoms with Gasteiger partial charge in [-0.25, -0.2) is 9.59 Å². The van der Waals surface area contributed by atoms with Crippen LogP contribution in [-0.2, 0) is 109 Å². The molecule has 0 fully saturated rings. The average Bonchev–Trinajstić information content (AvgIpc) is 0.802. The Kier molecular flexibility index (Phi) is 44.3. The Hall–Kier alpha value is -2.58. The Morgan fingerprint density at radius 3 is 0.762 bits per heavy atom. The number of benzene rings is 5. The van der Waals surface area contributed by atoms with Gasteiger partial charge in [-0.2, -0.15) is 0 Å². The van der Waals surface area contributed by atoms with E-state index in [0.717, 1.165) is 103 Å². The van der Waals surface area contributed by atoms with Crippen molar-refractivity contribution in [2.75, 3.05) is 21.3 Å². The topological polar surface area (TPSA) is 300 Å². The predicted octanol–water partition coefficient (Wildman–Crippen LogP) is 23.1. The van der Waals surface area contributed by atoms with Gasteiger partial charge in [0, 0.05) is 5.56 Å². The summed E-state index contributed by atoms with van der Waals surface area (Å²) in [5.41, 5.74) is 7.84. The number of methoxy groups -OCH3 is 3. The number of esters is 2. The molecule has 0 aliphatic heterocycles. The van der Waals surface area contributed by atoms with Gasteiger partial charge >= 0.3 is 132 Å². The van der Waals surface area contributed by atoms with E-state index >= 15 is 0 Å². The zero-order valence-electron chi connectivity index (χ0n) is 86.9. The highest BCUT2D eigenvalue weighted by atomic mass is 28.5. The summed E-state index contributed by atoms with van der Waals surface area (Å²) in [7, 11) is -41.6. The molecule has 0 saturated carbocycles. The van der Waals surface area contributed by atoms with Crippen molar-refractivity contribution in [2.24, 2.45) is 0 Å². The minimum Gasteiger partial charge on any atom is -0.508 e. The lowest BCUT2D eigenvalue weighted by atomic mass is 10.0. The Bertz CT molecular complexity index is 4310. The summed E-state index contributed by atoms with van der Waals surface area (Å²) >= 11 is 0. The molecule has 0 bridgehead atoms. The monoisotopic (exact) mass is 2120 g/mol.